The Bertz CT molecular complexity index is 182. The van der Waals surface area contributed by atoms with Crippen molar-refractivity contribution in [3.8, 4) is 0 Å². The third-order valence-electron chi connectivity index (χ3n) is 1.66. The summed E-state index contributed by atoms with van der Waals surface area (Å²) >= 11 is 0. The minimum atomic E-state index is -0.630. The molecule has 2 amide bonds. The van der Waals surface area contributed by atoms with Gasteiger partial charge in [-0.2, -0.15) is 0 Å². The molecule has 5 heteroatoms. The summed E-state index contributed by atoms with van der Waals surface area (Å²) in [4.78, 5) is 21.4. The van der Waals surface area contributed by atoms with E-state index in [0.29, 0.717) is 25.8 Å². The van der Waals surface area contributed by atoms with E-state index < -0.39 is 11.9 Å². The summed E-state index contributed by atoms with van der Waals surface area (Å²) in [6, 6.07) is -0.630. The van der Waals surface area contributed by atoms with Crippen molar-refractivity contribution in [1.29, 1.82) is 0 Å². The van der Waals surface area contributed by atoms with Crippen LogP contribution in [0.2, 0.25) is 0 Å². The molecule has 1 atom stereocenters. The van der Waals surface area contributed by atoms with Crippen molar-refractivity contribution >= 4 is 11.8 Å². The molecule has 0 aliphatic carbocycles. The first-order valence-corrected chi connectivity index (χ1v) is 4.39. The highest BCUT2D eigenvalue weighted by molar-refractivity contribution is 5.79. The summed E-state index contributed by atoms with van der Waals surface area (Å²) < 4.78 is 0. The number of primary amides is 1. The molecule has 0 spiro atoms. The van der Waals surface area contributed by atoms with Crippen LogP contribution in [0.1, 0.15) is 26.2 Å². The molecule has 5 N–H and O–H groups in total. The lowest BCUT2D eigenvalue weighted by molar-refractivity contribution is -0.122. The van der Waals surface area contributed by atoms with Crippen LogP contribution < -0.4 is 16.8 Å². The zero-order valence-corrected chi connectivity index (χ0v) is 7.88. The van der Waals surface area contributed by atoms with Gasteiger partial charge >= 0.3 is 0 Å². The van der Waals surface area contributed by atoms with Gasteiger partial charge in [0.25, 0.3) is 0 Å². The quantitative estimate of drug-likeness (QED) is 0.503. The first-order chi connectivity index (χ1) is 6.07. The average Bonchev–Trinajstić information content (AvgIpc) is 2.04. The van der Waals surface area contributed by atoms with E-state index in [2.05, 4.69) is 5.32 Å². The Morgan fingerprint density at radius 3 is 2.54 bits per heavy atom. The third-order valence-corrected chi connectivity index (χ3v) is 1.66. The molecule has 0 aliphatic rings. The minimum absolute atomic E-state index is 0.0147. The summed E-state index contributed by atoms with van der Waals surface area (Å²) in [6.45, 7) is 2.48. The summed E-state index contributed by atoms with van der Waals surface area (Å²) in [7, 11) is 0. The SMILES string of the molecule is CCNC(=O)CCCC(N)C(N)=O. The van der Waals surface area contributed by atoms with Crippen LogP contribution in [0, 0.1) is 0 Å². The van der Waals surface area contributed by atoms with Crippen molar-refractivity contribution in [2.75, 3.05) is 6.54 Å². The van der Waals surface area contributed by atoms with Gasteiger partial charge in [0.15, 0.2) is 0 Å². The molecule has 0 aromatic carbocycles. The number of hydrogen-bond donors (Lipinski definition) is 3. The molecule has 0 aliphatic heterocycles. The van der Waals surface area contributed by atoms with Gasteiger partial charge in [-0.1, -0.05) is 0 Å². The van der Waals surface area contributed by atoms with Crippen LogP contribution in [0.15, 0.2) is 0 Å². The van der Waals surface area contributed by atoms with Crippen LogP contribution in [0.25, 0.3) is 0 Å². The van der Waals surface area contributed by atoms with E-state index in [1.165, 1.54) is 0 Å². The highest BCUT2D eigenvalue weighted by atomic mass is 16.2. The van der Waals surface area contributed by atoms with E-state index >= 15 is 0 Å². The van der Waals surface area contributed by atoms with Gasteiger partial charge in [0.2, 0.25) is 11.8 Å². The summed E-state index contributed by atoms with van der Waals surface area (Å²) in [5.74, 6) is -0.532. The normalized spacial score (nSPS) is 12.2. The summed E-state index contributed by atoms with van der Waals surface area (Å²) in [5, 5.41) is 2.65. The van der Waals surface area contributed by atoms with Gasteiger partial charge in [0, 0.05) is 13.0 Å². The zero-order chi connectivity index (χ0) is 10.3. The zero-order valence-electron chi connectivity index (χ0n) is 7.88. The van der Waals surface area contributed by atoms with Gasteiger partial charge in [0.05, 0.1) is 6.04 Å². The van der Waals surface area contributed by atoms with Gasteiger partial charge in [-0.05, 0) is 19.8 Å². The fourth-order valence-electron chi connectivity index (χ4n) is 0.910. The van der Waals surface area contributed by atoms with Crippen LogP contribution in [0.3, 0.4) is 0 Å². The maximum Gasteiger partial charge on any atom is 0.234 e. The number of rotatable bonds is 6. The Kier molecular flexibility index (Phi) is 5.88. The van der Waals surface area contributed by atoms with E-state index in [1.54, 1.807) is 0 Å². The molecule has 0 rings (SSSR count). The molecule has 0 fully saturated rings. The molecule has 1 unspecified atom stereocenters. The van der Waals surface area contributed by atoms with Gasteiger partial charge in [-0.25, -0.2) is 0 Å². The molecule has 0 radical (unpaired) electrons. The number of amides is 2. The second-order valence-electron chi connectivity index (χ2n) is 2.85. The molecule has 0 aromatic rings. The van der Waals surface area contributed by atoms with Gasteiger partial charge in [-0.15, -0.1) is 0 Å². The molecular weight excluding hydrogens is 170 g/mol. The first kappa shape index (κ1) is 11.9. The topological polar surface area (TPSA) is 98.2 Å². The second kappa shape index (κ2) is 6.42. The number of carbonyl (C=O) groups is 2. The maximum absolute atomic E-state index is 10.9. The van der Waals surface area contributed by atoms with Gasteiger partial charge in [-0.3, -0.25) is 9.59 Å². The van der Waals surface area contributed by atoms with Crippen LogP contribution in [-0.4, -0.2) is 24.4 Å². The van der Waals surface area contributed by atoms with Crippen molar-refractivity contribution in [1.82, 2.24) is 5.32 Å². The van der Waals surface area contributed by atoms with Crippen molar-refractivity contribution in [2.45, 2.75) is 32.2 Å². The Hall–Kier alpha value is -1.10. The Labute approximate surface area is 77.8 Å². The highest BCUT2D eigenvalue weighted by Gasteiger charge is 2.09. The lowest BCUT2D eigenvalue weighted by Gasteiger charge is -2.06. The van der Waals surface area contributed by atoms with Crippen molar-refractivity contribution < 1.29 is 9.59 Å². The summed E-state index contributed by atoms with van der Waals surface area (Å²) in [6.07, 6.45) is 1.46. The Balaban J connectivity index is 3.44. The van der Waals surface area contributed by atoms with E-state index in [0.717, 1.165) is 0 Å². The lowest BCUT2D eigenvalue weighted by Crippen LogP contribution is -2.36. The second-order valence-corrected chi connectivity index (χ2v) is 2.85. The smallest absolute Gasteiger partial charge is 0.234 e. The van der Waals surface area contributed by atoms with Crippen molar-refractivity contribution in [3.05, 3.63) is 0 Å². The van der Waals surface area contributed by atoms with Gasteiger partial charge < -0.3 is 16.8 Å². The van der Waals surface area contributed by atoms with Crippen LogP contribution in [0.4, 0.5) is 0 Å². The fourth-order valence-corrected chi connectivity index (χ4v) is 0.910. The minimum Gasteiger partial charge on any atom is -0.368 e. The Morgan fingerprint density at radius 1 is 1.46 bits per heavy atom. The standard InChI is InChI=1S/C8H17N3O2/c1-2-11-7(12)5-3-4-6(9)8(10)13/h6H,2-5,9H2,1H3,(H2,10,13)(H,11,12). The van der Waals surface area contributed by atoms with Gasteiger partial charge in [0.1, 0.15) is 0 Å². The predicted octanol–water partition coefficient (Wildman–Crippen LogP) is -0.895. The Morgan fingerprint density at radius 2 is 2.08 bits per heavy atom. The third kappa shape index (κ3) is 6.10. The number of nitrogens with one attached hydrogen (secondary N) is 1. The summed E-state index contributed by atoms with van der Waals surface area (Å²) in [5.41, 5.74) is 10.3. The van der Waals surface area contributed by atoms with E-state index in [-0.39, 0.29) is 5.91 Å². The molecule has 5 nitrogen and oxygen atoms in total. The first-order valence-electron chi connectivity index (χ1n) is 4.39. The molecule has 0 aromatic heterocycles. The van der Waals surface area contributed by atoms with Crippen LogP contribution in [0.5, 0.6) is 0 Å². The van der Waals surface area contributed by atoms with E-state index in [4.69, 9.17) is 11.5 Å². The van der Waals surface area contributed by atoms with Crippen LogP contribution in [-0.2, 0) is 9.59 Å². The largest absolute Gasteiger partial charge is 0.368 e. The van der Waals surface area contributed by atoms with E-state index in [9.17, 15) is 9.59 Å². The fraction of sp³-hybridized carbons (Fsp3) is 0.750. The number of hydrogen-bond acceptors (Lipinski definition) is 3. The molecule has 0 heterocycles. The lowest BCUT2D eigenvalue weighted by atomic mass is 10.1. The predicted molar refractivity (Wildman–Crippen MR) is 49.7 cm³/mol. The number of carbonyl (C=O) groups excluding carboxylic acids is 2. The molecule has 0 saturated heterocycles. The average molecular weight is 187 g/mol. The number of nitrogens with two attached hydrogens (primary N) is 2. The molecule has 0 bridgehead atoms. The molecular formula is C8H17N3O2. The van der Waals surface area contributed by atoms with Crippen LogP contribution >= 0.6 is 0 Å². The molecule has 13 heavy (non-hydrogen) atoms. The molecule has 0 saturated carbocycles. The monoisotopic (exact) mass is 187 g/mol. The van der Waals surface area contributed by atoms with Crippen molar-refractivity contribution in [2.24, 2.45) is 11.5 Å². The maximum atomic E-state index is 10.9. The van der Waals surface area contributed by atoms with E-state index in [1.807, 2.05) is 6.92 Å². The highest BCUT2D eigenvalue weighted by Crippen LogP contribution is 1.98. The van der Waals surface area contributed by atoms with Crippen molar-refractivity contribution in [3.63, 3.8) is 0 Å². The molecule has 76 valence electrons.